The van der Waals surface area contributed by atoms with Crippen LogP contribution in [0.2, 0.25) is 0 Å². The Hall–Kier alpha value is -3.11. The summed E-state index contributed by atoms with van der Waals surface area (Å²) in [4.78, 5) is 22.2. The van der Waals surface area contributed by atoms with Crippen LogP contribution in [-0.4, -0.2) is 48.6 Å². The topological polar surface area (TPSA) is 69.5 Å². The number of rotatable bonds is 7. The molecule has 0 saturated carbocycles. The molecule has 4 rings (SSSR count). The first kappa shape index (κ1) is 21.1. The molecule has 1 saturated heterocycles. The van der Waals surface area contributed by atoms with E-state index in [1.54, 1.807) is 0 Å². The normalized spacial score (nSPS) is 13.9. The number of thiophene rings is 1. The van der Waals surface area contributed by atoms with Gasteiger partial charge in [-0.2, -0.15) is 5.26 Å². The summed E-state index contributed by atoms with van der Waals surface area (Å²) in [5.41, 5.74) is 2.16. The van der Waals surface area contributed by atoms with Crippen molar-refractivity contribution in [3.63, 3.8) is 0 Å². The maximum absolute atomic E-state index is 12.7. The second kappa shape index (κ2) is 9.80. The summed E-state index contributed by atoms with van der Waals surface area (Å²) >= 11 is 1.47. The number of nitrogens with zero attached hydrogens (tertiary/aromatic N) is 4. The van der Waals surface area contributed by atoms with Gasteiger partial charge in [0.05, 0.1) is 22.7 Å². The maximum atomic E-state index is 12.7. The molecule has 31 heavy (non-hydrogen) atoms. The number of nitriles is 1. The molecule has 1 aliphatic heterocycles. The van der Waals surface area contributed by atoms with Crippen LogP contribution in [0.25, 0.3) is 10.9 Å². The van der Waals surface area contributed by atoms with Crippen LogP contribution in [0, 0.1) is 11.3 Å². The summed E-state index contributed by atoms with van der Waals surface area (Å²) in [6, 6.07) is 14.0. The van der Waals surface area contributed by atoms with Crippen molar-refractivity contribution < 1.29 is 9.53 Å². The molecule has 6 nitrogen and oxygen atoms in total. The van der Waals surface area contributed by atoms with Crippen molar-refractivity contribution in [1.82, 2.24) is 9.88 Å². The van der Waals surface area contributed by atoms with Crippen LogP contribution < -0.4 is 9.64 Å². The Bertz CT molecular complexity index is 1080. The van der Waals surface area contributed by atoms with Gasteiger partial charge in [-0.15, -0.1) is 11.3 Å². The van der Waals surface area contributed by atoms with Gasteiger partial charge in [-0.1, -0.05) is 44.0 Å². The number of para-hydroxylation sites is 1. The van der Waals surface area contributed by atoms with E-state index in [1.165, 1.54) is 11.3 Å². The van der Waals surface area contributed by atoms with Crippen molar-refractivity contribution in [1.29, 1.82) is 5.26 Å². The maximum Gasteiger partial charge on any atom is 0.264 e. The highest BCUT2D eigenvalue weighted by molar-refractivity contribution is 7.12. The molecule has 1 aliphatic rings. The molecular formula is C24H26N4O2S. The summed E-state index contributed by atoms with van der Waals surface area (Å²) in [5.74, 6) is 0.485. The highest BCUT2D eigenvalue weighted by atomic mass is 32.1. The Morgan fingerprint density at radius 1 is 1.16 bits per heavy atom. The van der Waals surface area contributed by atoms with Gasteiger partial charge in [0.1, 0.15) is 11.6 Å². The van der Waals surface area contributed by atoms with Crippen molar-refractivity contribution in [3.8, 4) is 11.9 Å². The van der Waals surface area contributed by atoms with E-state index in [9.17, 15) is 10.1 Å². The van der Waals surface area contributed by atoms with E-state index in [0.29, 0.717) is 44.2 Å². The molecule has 7 heteroatoms. The summed E-state index contributed by atoms with van der Waals surface area (Å²) in [5, 5.41) is 12.9. The number of pyridine rings is 1. The molecule has 1 amide bonds. The second-order valence-electron chi connectivity index (χ2n) is 7.58. The fourth-order valence-electron chi connectivity index (χ4n) is 3.92. The van der Waals surface area contributed by atoms with E-state index in [1.807, 2.05) is 46.7 Å². The molecule has 0 unspecified atom stereocenters. The average molecular weight is 435 g/mol. The molecule has 0 atom stereocenters. The Kier molecular flexibility index (Phi) is 6.68. The zero-order chi connectivity index (χ0) is 21.6. The van der Waals surface area contributed by atoms with Gasteiger partial charge in [0.2, 0.25) is 5.88 Å². The van der Waals surface area contributed by atoms with Gasteiger partial charge in [-0.05, 0) is 23.9 Å². The van der Waals surface area contributed by atoms with Crippen molar-refractivity contribution in [2.75, 3.05) is 37.7 Å². The zero-order valence-electron chi connectivity index (χ0n) is 17.7. The number of hydrogen-bond acceptors (Lipinski definition) is 6. The summed E-state index contributed by atoms with van der Waals surface area (Å²) in [7, 11) is 0. The molecule has 0 aliphatic carbocycles. The summed E-state index contributed by atoms with van der Waals surface area (Å²) in [6.07, 6.45) is 3.14. The Morgan fingerprint density at radius 3 is 2.68 bits per heavy atom. The van der Waals surface area contributed by atoms with Crippen LogP contribution >= 0.6 is 11.3 Å². The summed E-state index contributed by atoms with van der Waals surface area (Å²) in [6.45, 7) is 5.26. The molecule has 0 radical (unpaired) electrons. The first-order valence-electron chi connectivity index (χ1n) is 10.8. The number of carbonyl (C=O) groups excluding carboxylic acids is 1. The number of unbranched alkanes of at least 4 members (excludes halogenated alkanes) is 2. The minimum absolute atomic E-state index is 0.0784. The number of aromatic nitrogens is 1. The fraction of sp³-hybridized carbons (Fsp3) is 0.375. The second-order valence-corrected chi connectivity index (χ2v) is 8.53. The van der Waals surface area contributed by atoms with Gasteiger partial charge < -0.3 is 14.5 Å². The van der Waals surface area contributed by atoms with E-state index in [4.69, 9.17) is 4.74 Å². The Labute approximate surface area is 186 Å². The molecule has 0 spiro atoms. The fourth-order valence-corrected chi connectivity index (χ4v) is 4.61. The number of carbonyl (C=O) groups is 1. The van der Waals surface area contributed by atoms with Gasteiger partial charge >= 0.3 is 0 Å². The van der Waals surface area contributed by atoms with Crippen LogP contribution in [-0.2, 0) is 0 Å². The lowest BCUT2D eigenvalue weighted by Crippen LogP contribution is -2.49. The highest BCUT2D eigenvalue weighted by Crippen LogP contribution is 2.35. The standard InChI is InChI=1S/C24H26N4O2S/c1-2-3-6-15-30-23-19(17-25)22(18-8-4-5-9-20(18)26-23)27-11-13-28(14-12-27)24(29)21-10-7-16-31-21/h4-5,7-10,16H,2-3,6,11-15H2,1H3. The smallest absolute Gasteiger partial charge is 0.264 e. The quantitative estimate of drug-likeness (QED) is 0.504. The van der Waals surface area contributed by atoms with Gasteiger partial charge in [-0.25, -0.2) is 4.98 Å². The first-order valence-corrected chi connectivity index (χ1v) is 11.6. The van der Waals surface area contributed by atoms with E-state index in [2.05, 4.69) is 22.9 Å². The summed E-state index contributed by atoms with van der Waals surface area (Å²) < 4.78 is 5.95. The minimum Gasteiger partial charge on any atom is -0.477 e. The zero-order valence-corrected chi connectivity index (χ0v) is 18.5. The van der Waals surface area contributed by atoms with Crippen LogP contribution in [0.3, 0.4) is 0 Å². The predicted molar refractivity (Wildman–Crippen MR) is 124 cm³/mol. The molecule has 0 bridgehead atoms. The number of fused-ring (bicyclic) bond motifs is 1. The molecule has 3 aromatic rings. The lowest BCUT2D eigenvalue weighted by atomic mass is 10.1. The average Bonchev–Trinajstić information content (AvgIpc) is 3.35. The predicted octanol–water partition coefficient (Wildman–Crippen LogP) is 4.70. The first-order chi connectivity index (χ1) is 15.2. The van der Waals surface area contributed by atoms with Crippen molar-refractivity contribution >= 4 is 33.8 Å². The van der Waals surface area contributed by atoms with Gasteiger partial charge in [-0.3, -0.25) is 4.79 Å². The molecule has 1 fully saturated rings. The molecule has 1 aromatic carbocycles. The van der Waals surface area contributed by atoms with Gasteiger partial charge in [0.15, 0.2) is 0 Å². The van der Waals surface area contributed by atoms with Crippen LogP contribution in [0.1, 0.15) is 41.4 Å². The molecule has 2 aromatic heterocycles. The number of ether oxygens (including phenoxy) is 1. The number of hydrogen-bond donors (Lipinski definition) is 0. The Balaban J connectivity index is 1.60. The van der Waals surface area contributed by atoms with E-state index < -0.39 is 0 Å². The van der Waals surface area contributed by atoms with E-state index in [-0.39, 0.29) is 5.91 Å². The van der Waals surface area contributed by atoms with Crippen molar-refractivity contribution in [2.24, 2.45) is 0 Å². The SMILES string of the molecule is CCCCCOc1nc2ccccc2c(N2CCN(C(=O)c3cccs3)CC2)c1C#N. The third kappa shape index (κ3) is 4.49. The number of benzene rings is 1. The molecular weight excluding hydrogens is 408 g/mol. The van der Waals surface area contributed by atoms with Gasteiger partial charge in [0, 0.05) is 31.6 Å². The number of piperazine rings is 1. The third-order valence-electron chi connectivity index (χ3n) is 5.55. The third-order valence-corrected chi connectivity index (χ3v) is 6.40. The van der Waals surface area contributed by atoms with E-state index >= 15 is 0 Å². The Morgan fingerprint density at radius 2 is 1.97 bits per heavy atom. The van der Waals surface area contributed by atoms with Crippen LogP contribution in [0.15, 0.2) is 41.8 Å². The van der Waals surface area contributed by atoms with Crippen molar-refractivity contribution in [2.45, 2.75) is 26.2 Å². The van der Waals surface area contributed by atoms with E-state index in [0.717, 1.165) is 40.7 Å². The molecule has 0 N–H and O–H groups in total. The number of amides is 1. The largest absolute Gasteiger partial charge is 0.477 e. The highest BCUT2D eigenvalue weighted by Gasteiger charge is 2.27. The minimum atomic E-state index is 0.0784. The van der Waals surface area contributed by atoms with Crippen LogP contribution in [0.4, 0.5) is 5.69 Å². The number of anilines is 1. The lowest BCUT2D eigenvalue weighted by Gasteiger charge is -2.37. The lowest BCUT2D eigenvalue weighted by molar-refractivity contribution is 0.0751. The molecule has 3 heterocycles. The van der Waals surface area contributed by atoms with Crippen molar-refractivity contribution in [3.05, 3.63) is 52.2 Å². The molecule has 160 valence electrons. The van der Waals surface area contributed by atoms with Crippen LogP contribution in [0.5, 0.6) is 5.88 Å². The monoisotopic (exact) mass is 434 g/mol. The van der Waals surface area contributed by atoms with Gasteiger partial charge in [0.25, 0.3) is 5.91 Å².